The number of carbonyl (C=O) groups is 3. The predicted molar refractivity (Wildman–Crippen MR) is 120 cm³/mol. The fourth-order valence-electron chi connectivity index (χ4n) is 3.63. The van der Waals surface area contributed by atoms with Crippen LogP contribution in [0.3, 0.4) is 0 Å². The summed E-state index contributed by atoms with van der Waals surface area (Å²) in [6, 6.07) is 9.98. The van der Waals surface area contributed by atoms with Gasteiger partial charge in [0.05, 0.1) is 33.9 Å². The second-order valence-electron chi connectivity index (χ2n) is 7.67. The largest absolute Gasteiger partial charge is 0.459 e. The van der Waals surface area contributed by atoms with Crippen LogP contribution in [0.25, 0.3) is 5.69 Å². The lowest BCUT2D eigenvalue weighted by atomic mass is 10.2. The molecule has 0 atom stereocenters. The average molecular weight is 471 g/mol. The molecule has 1 aliphatic rings. The lowest BCUT2D eigenvalue weighted by molar-refractivity contribution is -0.136. The van der Waals surface area contributed by atoms with Crippen molar-refractivity contribution in [2.24, 2.45) is 0 Å². The summed E-state index contributed by atoms with van der Waals surface area (Å²) >= 11 is 6.19. The summed E-state index contributed by atoms with van der Waals surface area (Å²) in [5, 5.41) is 4.99. The zero-order chi connectivity index (χ0) is 23.5. The molecule has 1 fully saturated rings. The maximum atomic E-state index is 12.5. The lowest BCUT2D eigenvalue weighted by Crippen LogP contribution is -2.51. The molecular formula is C23H23ClN4O5. The number of benzene rings is 1. The van der Waals surface area contributed by atoms with Gasteiger partial charge in [0, 0.05) is 26.2 Å². The summed E-state index contributed by atoms with van der Waals surface area (Å²) < 4.78 is 12.0. The highest BCUT2D eigenvalue weighted by atomic mass is 35.5. The topological polar surface area (TPSA) is 97.9 Å². The van der Waals surface area contributed by atoms with E-state index in [1.807, 2.05) is 13.8 Å². The van der Waals surface area contributed by atoms with Crippen molar-refractivity contribution in [3.8, 4) is 5.69 Å². The van der Waals surface area contributed by atoms with Gasteiger partial charge < -0.3 is 19.0 Å². The third-order valence-corrected chi connectivity index (χ3v) is 6.08. The Morgan fingerprint density at radius 1 is 1.03 bits per heavy atom. The molecule has 2 aromatic heterocycles. The number of esters is 1. The van der Waals surface area contributed by atoms with Gasteiger partial charge >= 0.3 is 5.97 Å². The van der Waals surface area contributed by atoms with Gasteiger partial charge in [-0.05, 0) is 50.2 Å². The molecule has 0 aliphatic carbocycles. The number of aromatic nitrogens is 2. The Balaban J connectivity index is 1.28. The van der Waals surface area contributed by atoms with E-state index >= 15 is 0 Å². The Morgan fingerprint density at radius 3 is 2.27 bits per heavy atom. The standard InChI is InChI=1S/C23H23ClN4O5/c1-15-21(24)16(2)28(25-15)18-7-5-17(6-8-18)23(31)33-14-20(29)26-9-11-27(12-10-26)22(30)19-4-3-13-32-19/h3-8,13H,9-12,14H2,1-2H3. The first-order valence-corrected chi connectivity index (χ1v) is 10.8. The van der Waals surface area contributed by atoms with E-state index in [2.05, 4.69) is 5.10 Å². The van der Waals surface area contributed by atoms with Crippen LogP contribution in [0.1, 0.15) is 32.3 Å². The molecule has 0 unspecified atom stereocenters. The number of halogens is 1. The van der Waals surface area contributed by atoms with Crippen LogP contribution in [0.4, 0.5) is 0 Å². The minimum atomic E-state index is -0.590. The number of carbonyl (C=O) groups excluding carboxylic acids is 3. The number of rotatable bonds is 5. The highest BCUT2D eigenvalue weighted by Gasteiger charge is 2.26. The van der Waals surface area contributed by atoms with Crippen LogP contribution in [-0.2, 0) is 9.53 Å². The fraction of sp³-hybridized carbons (Fsp3) is 0.304. The molecule has 0 saturated carbocycles. The van der Waals surface area contributed by atoms with Crippen molar-refractivity contribution in [2.75, 3.05) is 32.8 Å². The van der Waals surface area contributed by atoms with E-state index < -0.39 is 5.97 Å². The fourth-order valence-corrected chi connectivity index (χ4v) is 3.75. The van der Waals surface area contributed by atoms with Gasteiger partial charge in [0.1, 0.15) is 0 Å². The van der Waals surface area contributed by atoms with Crippen LogP contribution in [0.15, 0.2) is 47.1 Å². The van der Waals surface area contributed by atoms with Crippen molar-refractivity contribution in [1.82, 2.24) is 19.6 Å². The lowest BCUT2D eigenvalue weighted by Gasteiger charge is -2.34. The Morgan fingerprint density at radius 2 is 1.70 bits per heavy atom. The molecular weight excluding hydrogens is 448 g/mol. The summed E-state index contributed by atoms with van der Waals surface area (Å²) in [4.78, 5) is 40.3. The quantitative estimate of drug-likeness (QED) is 0.532. The Bertz CT molecular complexity index is 1160. The molecule has 0 bridgehead atoms. The van der Waals surface area contributed by atoms with E-state index in [4.69, 9.17) is 20.8 Å². The SMILES string of the molecule is Cc1nn(-c2ccc(C(=O)OCC(=O)N3CCN(C(=O)c4ccco4)CC3)cc2)c(C)c1Cl. The molecule has 0 radical (unpaired) electrons. The maximum absolute atomic E-state index is 12.5. The molecule has 1 saturated heterocycles. The smallest absolute Gasteiger partial charge is 0.338 e. The van der Waals surface area contributed by atoms with Gasteiger partial charge in [-0.1, -0.05) is 11.6 Å². The van der Waals surface area contributed by atoms with Crippen molar-refractivity contribution in [1.29, 1.82) is 0 Å². The predicted octanol–water partition coefficient (Wildman–Crippen LogP) is 2.88. The Labute approximate surface area is 195 Å². The molecule has 10 heteroatoms. The number of aryl methyl sites for hydroxylation is 1. The number of piperazine rings is 1. The van der Waals surface area contributed by atoms with Gasteiger partial charge in [0.2, 0.25) is 0 Å². The minimum Gasteiger partial charge on any atom is -0.459 e. The van der Waals surface area contributed by atoms with Gasteiger partial charge in [0.25, 0.3) is 11.8 Å². The highest BCUT2D eigenvalue weighted by molar-refractivity contribution is 6.31. The van der Waals surface area contributed by atoms with Gasteiger partial charge in [-0.15, -0.1) is 0 Å². The van der Waals surface area contributed by atoms with Crippen LogP contribution in [0, 0.1) is 13.8 Å². The molecule has 4 rings (SSSR count). The van der Waals surface area contributed by atoms with Crippen LogP contribution < -0.4 is 0 Å². The van der Waals surface area contributed by atoms with Crippen LogP contribution in [0.5, 0.6) is 0 Å². The molecule has 2 amide bonds. The molecule has 3 heterocycles. The molecule has 0 N–H and O–H groups in total. The first-order chi connectivity index (χ1) is 15.8. The van der Waals surface area contributed by atoms with Crippen LogP contribution in [0.2, 0.25) is 5.02 Å². The van der Waals surface area contributed by atoms with E-state index in [0.717, 1.165) is 17.1 Å². The van der Waals surface area contributed by atoms with Gasteiger partial charge in [0.15, 0.2) is 12.4 Å². The van der Waals surface area contributed by atoms with Crippen LogP contribution >= 0.6 is 11.6 Å². The van der Waals surface area contributed by atoms with E-state index in [9.17, 15) is 14.4 Å². The molecule has 172 valence electrons. The number of hydrogen-bond donors (Lipinski definition) is 0. The van der Waals surface area contributed by atoms with Crippen molar-refractivity contribution < 1.29 is 23.5 Å². The maximum Gasteiger partial charge on any atom is 0.338 e. The van der Waals surface area contributed by atoms with E-state index in [1.54, 1.807) is 50.9 Å². The number of amides is 2. The summed E-state index contributed by atoms with van der Waals surface area (Å²) in [5.41, 5.74) is 2.62. The molecule has 1 aliphatic heterocycles. The van der Waals surface area contributed by atoms with Gasteiger partial charge in [-0.2, -0.15) is 5.10 Å². The third-order valence-electron chi connectivity index (χ3n) is 5.53. The first-order valence-electron chi connectivity index (χ1n) is 10.4. The molecule has 33 heavy (non-hydrogen) atoms. The first kappa shape index (κ1) is 22.6. The average Bonchev–Trinajstić information content (AvgIpc) is 3.47. The normalized spacial score (nSPS) is 13.8. The second-order valence-corrected chi connectivity index (χ2v) is 8.05. The van der Waals surface area contributed by atoms with Gasteiger partial charge in [-0.25, -0.2) is 9.48 Å². The van der Waals surface area contributed by atoms with E-state index in [-0.39, 0.29) is 24.2 Å². The van der Waals surface area contributed by atoms with Crippen molar-refractivity contribution in [3.05, 3.63) is 70.4 Å². The Hall–Kier alpha value is -3.59. The number of nitrogens with zero attached hydrogens (tertiary/aromatic N) is 4. The van der Waals surface area contributed by atoms with Crippen molar-refractivity contribution in [3.63, 3.8) is 0 Å². The zero-order valence-corrected chi connectivity index (χ0v) is 19.0. The molecule has 1 aromatic carbocycles. The summed E-state index contributed by atoms with van der Waals surface area (Å²) in [7, 11) is 0. The summed E-state index contributed by atoms with van der Waals surface area (Å²) in [6.07, 6.45) is 1.45. The number of ether oxygens (including phenoxy) is 1. The van der Waals surface area contributed by atoms with E-state index in [1.165, 1.54) is 6.26 Å². The third kappa shape index (κ3) is 4.78. The number of furan rings is 1. The van der Waals surface area contributed by atoms with Gasteiger partial charge in [-0.3, -0.25) is 9.59 Å². The molecule has 3 aromatic rings. The van der Waals surface area contributed by atoms with Crippen LogP contribution in [-0.4, -0.2) is 70.1 Å². The number of hydrogen-bond acceptors (Lipinski definition) is 6. The van der Waals surface area contributed by atoms with E-state index in [0.29, 0.717) is 36.8 Å². The summed E-state index contributed by atoms with van der Waals surface area (Å²) in [5.74, 6) is -0.823. The highest BCUT2D eigenvalue weighted by Crippen LogP contribution is 2.22. The monoisotopic (exact) mass is 470 g/mol. The van der Waals surface area contributed by atoms with Crippen molar-refractivity contribution in [2.45, 2.75) is 13.8 Å². The minimum absolute atomic E-state index is 0.204. The molecule has 9 nitrogen and oxygen atoms in total. The zero-order valence-electron chi connectivity index (χ0n) is 18.3. The second kappa shape index (κ2) is 9.50. The molecule has 0 spiro atoms. The Kier molecular flexibility index (Phi) is 6.50. The summed E-state index contributed by atoms with van der Waals surface area (Å²) in [6.45, 7) is 4.83. The van der Waals surface area contributed by atoms with Crippen molar-refractivity contribution >= 4 is 29.4 Å².